The molecule has 2 fully saturated rings. The normalized spacial score (nSPS) is 19.7. The minimum Gasteiger partial charge on any atom is -0.497 e. The molecule has 0 spiro atoms. The monoisotopic (exact) mass is 395 g/mol. The van der Waals surface area contributed by atoms with E-state index in [4.69, 9.17) is 4.74 Å². The lowest BCUT2D eigenvalue weighted by molar-refractivity contribution is -0.140. The Bertz CT molecular complexity index is 765. The molecule has 8 nitrogen and oxygen atoms in total. The first-order valence-electron chi connectivity index (χ1n) is 9.08. The standard InChI is InChI=1S/C18H25N3O5S/c1-26-16-2-4-17(5-3-16)27(24,25)21-8-6-15(7-9-21)18(23)20-12-10-19(14-22)11-13-20/h2-5,14-15H,6-13H2,1H3. The zero-order valence-electron chi connectivity index (χ0n) is 15.4. The second-order valence-electron chi connectivity index (χ2n) is 6.82. The van der Waals surface area contributed by atoms with Crippen LogP contribution >= 0.6 is 0 Å². The summed E-state index contributed by atoms with van der Waals surface area (Å²) in [5.74, 6) is 0.519. The minimum absolute atomic E-state index is 0.0713. The first-order chi connectivity index (χ1) is 13.0. The molecule has 2 aliphatic heterocycles. The lowest BCUT2D eigenvalue weighted by Gasteiger charge is -2.37. The number of rotatable bonds is 5. The van der Waals surface area contributed by atoms with Gasteiger partial charge in [0.15, 0.2) is 0 Å². The van der Waals surface area contributed by atoms with Gasteiger partial charge in [0.1, 0.15) is 5.75 Å². The summed E-state index contributed by atoms with van der Waals surface area (Å²) < 4.78 is 32.1. The summed E-state index contributed by atoms with van der Waals surface area (Å²) in [7, 11) is -2.03. The van der Waals surface area contributed by atoms with E-state index in [2.05, 4.69) is 0 Å². The number of carbonyl (C=O) groups is 2. The van der Waals surface area contributed by atoms with Gasteiger partial charge in [0, 0.05) is 45.2 Å². The predicted molar refractivity (Wildman–Crippen MR) is 98.7 cm³/mol. The Morgan fingerprint density at radius 1 is 1.04 bits per heavy atom. The number of hydrogen-bond donors (Lipinski definition) is 0. The molecule has 0 unspecified atom stereocenters. The van der Waals surface area contributed by atoms with Crippen molar-refractivity contribution >= 4 is 22.3 Å². The average Bonchev–Trinajstić information content (AvgIpc) is 2.73. The molecule has 0 radical (unpaired) electrons. The van der Waals surface area contributed by atoms with Gasteiger partial charge in [-0.3, -0.25) is 9.59 Å². The molecule has 1 aromatic rings. The van der Waals surface area contributed by atoms with E-state index in [-0.39, 0.29) is 16.7 Å². The summed E-state index contributed by atoms with van der Waals surface area (Å²) in [4.78, 5) is 27.1. The fourth-order valence-electron chi connectivity index (χ4n) is 3.55. The number of benzene rings is 1. The molecule has 148 valence electrons. The van der Waals surface area contributed by atoms with E-state index in [0.29, 0.717) is 57.9 Å². The Kier molecular flexibility index (Phi) is 6.01. The lowest BCUT2D eigenvalue weighted by Crippen LogP contribution is -2.51. The summed E-state index contributed by atoms with van der Waals surface area (Å²) in [5.41, 5.74) is 0. The van der Waals surface area contributed by atoms with Crippen molar-refractivity contribution in [3.05, 3.63) is 24.3 Å². The van der Waals surface area contributed by atoms with Crippen molar-refractivity contribution < 1.29 is 22.7 Å². The van der Waals surface area contributed by atoms with Crippen molar-refractivity contribution in [2.24, 2.45) is 5.92 Å². The highest BCUT2D eigenvalue weighted by Crippen LogP contribution is 2.26. The molecule has 0 aromatic heterocycles. The van der Waals surface area contributed by atoms with Crippen LogP contribution in [0.1, 0.15) is 12.8 Å². The molecule has 0 aliphatic carbocycles. The molecule has 2 aliphatic rings. The second-order valence-corrected chi connectivity index (χ2v) is 8.76. The summed E-state index contributed by atoms with van der Waals surface area (Å²) in [5, 5.41) is 0. The summed E-state index contributed by atoms with van der Waals surface area (Å²) in [6.07, 6.45) is 1.84. The predicted octanol–water partition coefficient (Wildman–Crippen LogP) is 0.397. The number of piperazine rings is 1. The van der Waals surface area contributed by atoms with Gasteiger partial charge >= 0.3 is 0 Å². The number of nitrogens with zero attached hydrogens (tertiary/aromatic N) is 3. The molecule has 0 atom stereocenters. The highest BCUT2D eigenvalue weighted by Gasteiger charge is 2.34. The van der Waals surface area contributed by atoms with E-state index in [0.717, 1.165) is 6.41 Å². The van der Waals surface area contributed by atoms with Crippen LogP contribution in [-0.2, 0) is 19.6 Å². The Morgan fingerprint density at radius 3 is 2.15 bits per heavy atom. The molecule has 0 bridgehead atoms. The van der Waals surface area contributed by atoms with Crippen molar-refractivity contribution in [3.63, 3.8) is 0 Å². The second kappa shape index (κ2) is 8.26. The summed E-state index contributed by atoms with van der Waals surface area (Å²) in [6.45, 7) is 2.86. The number of carbonyl (C=O) groups excluding carboxylic acids is 2. The number of ether oxygens (including phenoxy) is 1. The van der Waals surface area contributed by atoms with Crippen LogP contribution in [0.2, 0.25) is 0 Å². The molecular weight excluding hydrogens is 370 g/mol. The van der Waals surface area contributed by atoms with Gasteiger partial charge in [-0.1, -0.05) is 0 Å². The fourth-order valence-corrected chi connectivity index (χ4v) is 5.02. The Balaban J connectivity index is 1.57. The van der Waals surface area contributed by atoms with Crippen LogP contribution in [-0.4, -0.2) is 81.2 Å². The Hall–Kier alpha value is -2.13. The van der Waals surface area contributed by atoms with Crippen molar-refractivity contribution in [1.29, 1.82) is 0 Å². The lowest BCUT2D eigenvalue weighted by atomic mass is 9.96. The molecule has 9 heteroatoms. The van der Waals surface area contributed by atoms with Crippen LogP contribution in [0.4, 0.5) is 0 Å². The maximum atomic E-state index is 12.8. The molecule has 2 saturated heterocycles. The van der Waals surface area contributed by atoms with Gasteiger partial charge < -0.3 is 14.5 Å². The highest BCUT2D eigenvalue weighted by molar-refractivity contribution is 7.89. The van der Waals surface area contributed by atoms with Gasteiger partial charge in [0.05, 0.1) is 12.0 Å². The molecule has 0 N–H and O–H groups in total. The minimum atomic E-state index is -3.56. The molecular formula is C18H25N3O5S. The topological polar surface area (TPSA) is 87.2 Å². The fraction of sp³-hybridized carbons (Fsp3) is 0.556. The third-order valence-corrected chi connectivity index (χ3v) is 7.19. The van der Waals surface area contributed by atoms with Crippen molar-refractivity contribution in [2.45, 2.75) is 17.7 Å². The summed E-state index contributed by atoms with van der Waals surface area (Å²) in [6, 6.07) is 6.33. The van der Waals surface area contributed by atoms with Crippen LogP contribution in [0.5, 0.6) is 5.75 Å². The maximum absolute atomic E-state index is 12.8. The molecule has 1 aromatic carbocycles. The van der Waals surface area contributed by atoms with E-state index in [9.17, 15) is 18.0 Å². The van der Waals surface area contributed by atoms with E-state index >= 15 is 0 Å². The van der Waals surface area contributed by atoms with Gasteiger partial charge in [-0.15, -0.1) is 0 Å². The zero-order chi connectivity index (χ0) is 19.4. The number of piperidine rings is 1. The Morgan fingerprint density at radius 2 is 1.63 bits per heavy atom. The van der Waals surface area contributed by atoms with Crippen LogP contribution in [0.15, 0.2) is 29.2 Å². The van der Waals surface area contributed by atoms with Crippen molar-refractivity contribution in [3.8, 4) is 5.75 Å². The van der Waals surface area contributed by atoms with Crippen LogP contribution in [0.3, 0.4) is 0 Å². The quantitative estimate of drug-likeness (QED) is 0.674. The third-order valence-electron chi connectivity index (χ3n) is 5.28. The Labute approximate surface area is 159 Å². The third kappa shape index (κ3) is 4.24. The highest BCUT2D eigenvalue weighted by atomic mass is 32.2. The van der Waals surface area contributed by atoms with Gasteiger partial charge in [0.2, 0.25) is 22.3 Å². The molecule has 27 heavy (non-hydrogen) atoms. The molecule has 0 saturated carbocycles. The van der Waals surface area contributed by atoms with E-state index < -0.39 is 10.0 Å². The van der Waals surface area contributed by atoms with Crippen molar-refractivity contribution in [1.82, 2.24) is 14.1 Å². The SMILES string of the molecule is COc1ccc(S(=O)(=O)N2CCC(C(=O)N3CCN(C=O)CC3)CC2)cc1. The number of sulfonamides is 1. The number of methoxy groups -OCH3 is 1. The van der Waals surface area contributed by atoms with E-state index in [1.807, 2.05) is 0 Å². The summed E-state index contributed by atoms with van der Waals surface area (Å²) >= 11 is 0. The number of hydrogen-bond acceptors (Lipinski definition) is 5. The first kappa shape index (κ1) is 19.6. The zero-order valence-corrected chi connectivity index (χ0v) is 16.2. The largest absolute Gasteiger partial charge is 0.497 e. The molecule has 3 rings (SSSR count). The molecule has 2 heterocycles. The van der Waals surface area contributed by atoms with E-state index in [1.165, 1.54) is 23.5 Å². The van der Waals surface area contributed by atoms with Gasteiger partial charge in [-0.05, 0) is 37.1 Å². The van der Waals surface area contributed by atoms with Crippen molar-refractivity contribution in [2.75, 3.05) is 46.4 Å². The van der Waals surface area contributed by atoms with E-state index in [1.54, 1.807) is 21.9 Å². The van der Waals surface area contributed by atoms with Gasteiger partial charge in [-0.2, -0.15) is 4.31 Å². The maximum Gasteiger partial charge on any atom is 0.243 e. The first-order valence-corrected chi connectivity index (χ1v) is 10.5. The number of amides is 2. The smallest absolute Gasteiger partial charge is 0.243 e. The molecule has 2 amide bonds. The van der Waals surface area contributed by atoms with Gasteiger partial charge in [-0.25, -0.2) is 8.42 Å². The average molecular weight is 395 g/mol. The van der Waals surface area contributed by atoms with Crippen LogP contribution in [0.25, 0.3) is 0 Å². The van der Waals surface area contributed by atoms with Crippen LogP contribution < -0.4 is 4.74 Å². The van der Waals surface area contributed by atoms with Crippen LogP contribution in [0, 0.1) is 5.92 Å². The van der Waals surface area contributed by atoms with Gasteiger partial charge in [0.25, 0.3) is 0 Å².